The zero-order valence-electron chi connectivity index (χ0n) is 13.9. The molecule has 2 rings (SSSR count). The van der Waals surface area contributed by atoms with Crippen LogP contribution in [0.3, 0.4) is 0 Å². The third-order valence-electron chi connectivity index (χ3n) is 3.25. The summed E-state index contributed by atoms with van der Waals surface area (Å²) >= 11 is 7.55. The number of aliphatic imine (C=N–C) groups is 1. The maximum atomic E-state index is 12.5. The molecule has 5 nitrogen and oxygen atoms in total. The van der Waals surface area contributed by atoms with Crippen LogP contribution in [-0.2, 0) is 13.0 Å². The van der Waals surface area contributed by atoms with Crippen molar-refractivity contribution < 1.29 is 13.5 Å². The number of aromatic nitrogens is 1. The van der Waals surface area contributed by atoms with E-state index >= 15 is 0 Å². The van der Waals surface area contributed by atoms with E-state index in [2.05, 4.69) is 25.3 Å². The zero-order chi connectivity index (χ0) is 18.2. The molecule has 25 heavy (non-hydrogen) atoms. The molecule has 0 saturated heterocycles. The first-order valence-corrected chi connectivity index (χ1v) is 8.82. The quantitative estimate of drug-likeness (QED) is 0.562. The number of halogens is 3. The number of guanidine groups is 1. The van der Waals surface area contributed by atoms with Gasteiger partial charge in [0.25, 0.3) is 0 Å². The maximum absolute atomic E-state index is 12.5. The van der Waals surface area contributed by atoms with Crippen molar-refractivity contribution in [1.29, 1.82) is 0 Å². The van der Waals surface area contributed by atoms with Gasteiger partial charge in [0.1, 0.15) is 5.75 Å². The minimum Gasteiger partial charge on any atom is -0.434 e. The number of thiazole rings is 1. The lowest BCUT2D eigenvalue weighted by molar-refractivity contribution is -0.0504. The molecule has 0 bridgehead atoms. The van der Waals surface area contributed by atoms with E-state index in [1.807, 2.05) is 12.3 Å². The molecule has 2 aromatic rings. The Hall–Kier alpha value is -1.93. The van der Waals surface area contributed by atoms with Gasteiger partial charge in [-0.2, -0.15) is 8.78 Å². The van der Waals surface area contributed by atoms with Crippen molar-refractivity contribution in [3.8, 4) is 5.75 Å². The van der Waals surface area contributed by atoms with Crippen LogP contribution in [-0.4, -0.2) is 31.1 Å². The maximum Gasteiger partial charge on any atom is 0.387 e. The van der Waals surface area contributed by atoms with Gasteiger partial charge in [0, 0.05) is 42.5 Å². The number of rotatable bonds is 7. The average molecular weight is 389 g/mol. The number of alkyl halides is 2. The van der Waals surface area contributed by atoms with Crippen LogP contribution in [0.25, 0.3) is 0 Å². The molecule has 0 radical (unpaired) electrons. The van der Waals surface area contributed by atoms with E-state index in [1.165, 1.54) is 12.1 Å². The van der Waals surface area contributed by atoms with E-state index in [0.29, 0.717) is 23.1 Å². The Morgan fingerprint density at radius 1 is 1.40 bits per heavy atom. The van der Waals surface area contributed by atoms with E-state index in [-0.39, 0.29) is 12.3 Å². The first kappa shape index (κ1) is 19.4. The fraction of sp³-hybridized carbons (Fsp3) is 0.375. The molecule has 0 saturated carbocycles. The predicted octanol–water partition coefficient (Wildman–Crippen LogP) is 3.61. The molecule has 0 aliphatic heterocycles. The average Bonchev–Trinajstić information content (AvgIpc) is 2.98. The lowest BCUT2D eigenvalue weighted by Gasteiger charge is -2.14. The van der Waals surface area contributed by atoms with Crippen LogP contribution in [0.15, 0.2) is 28.6 Å². The van der Waals surface area contributed by atoms with Crippen molar-refractivity contribution in [2.24, 2.45) is 4.99 Å². The first-order chi connectivity index (χ1) is 12.0. The van der Waals surface area contributed by atoms with Crippen molar-refractivity contribution in [1.82, 2.24) is 15.6 Å². The van der Waals surface area contributed by atoms with Crippen LogP contribution in [0.2, 0.25) is 5.02 Å². The molecule has 0 atom stereocenters. The number of nitrogens with one attached hydrogen (secondary N) is 2. The summed E-state index contributed by atoms with van der Waals surface area (Å²) in [5, 5.41) is 9.71. The third kappa shape index (κ3) is 6.47. The van der Waals surface area contributed by atoms with Crippen molar-refractivity contribution in [3.05, 3.63) is 44.9 Å². The summed E-state index contributed by atoms with van der Waals surface area (Å²) in [6.45, 7) is -0.0258. The highest BCUT2D eigenvalue weighted by Gasteiger charge is 2.11. The SMILES string of the molecule is CN=C(NCCc1csc(C)n1)NCc1cc(Cl)ccc1OC(F)F. The molecule has 9 heteroatoms. The Morgan fingerprint density at radius 2 is 2.20 bits per heavy atom. The van der Waals surface area contributed by atoms with Gasteiger partial charge in [0.05, 0.1) is 10.7 Å². The predicted molar refractivity (Wildman–Crippen MR) is 96.8 cm³/mol. The molecule has 0 fully saturated rings. The van der Waals surface area contributed by atoms with E-state index in [9.17, 15) is 8.78 Å². The number of hydrogen-bond donors (Lipinski definition) is 2. The molecule has 0 aliphatic carbocycles. The highest BCUT2D eigenvalue weighted by atomic mass is 35.5. The van der Waals surface area contributed by atoms with Gasteiger partial charge >= 0.3 is 6.61 Å². The normalized spacial score (nSPS) is 11.7. The topological polar surface area (TPSA) is 58.5 Å². The Bertz CT molecular complexity index is 724. The number of nitrogens with zero attached hydrogens (tertiary/aromatic N) is 2. The number of hydrogen-bond acceptors (Lipinski definition) is 4. The number of benzene rings is 1. The second-order valence-electron chi connectivity index (χ2n) is 5.09. The minimum atomic E-state index is -2.89. The van der Waals surface area contributed by atoms with E-state index in [1.54, 1.807) is 24.5 Å². The first-order valence-electron chi connectivity index (χ1n) is 7.56. The second-order valence-corrected chi connectivity index (χ2v) is 6.59. The van der Waals surface area contributed by atoms with Gasteiger partial charge in [-0.3, -0.25) is 4.99 Å². The van der Waals surface area contributed by atoms with Gasteiger partial charge in [-0.1, -0.05) is 11.6 Å². The third-order valence-corrected chi connectivity index (χ3v) is 4.31. The molecule has 0 spiro atoms. The Kier molecular flexibility index (Phi) is 7.39. The largest absolute Gasteiger partial charge is 0.434 e. The summed E-state index contributed by atoms with van der Waals surface area (Å²) in [5.74, 6) is 0.634. The van der Waals surface area contributed by atoms with Gasteiger partial charge in [-0.15, -0.1) is 11.3 Å². The minimum absolute atomic E-state index is 0.0836. The zero-order valence-corrected chi connectivity index (χ0v) is 15.4. The molecular weight excluding hydrogens is 370 g/mol. The van der Waals surface area contributed by atoms with Gasteiger partial charge in [0.15, 0.2) is 5.96 Å². The summed E-state index contributed by atoms with van der Waals surface area (Å²) in [7, 11) is 1.64. The summed E-state index contributed by atoms with van der Waals surface area (Å²) in [6, 6.07) is 4.51. The Balaban J connectivity index is 1.88. The molecule has 1 aromatic heterocycles. The molecule has 0 aliphatic rings. The van der Waals surface area contributed by atoms with Crippen molar-refractivity contribution in [3.63, 3.8) is 0 Å². The Labute approximate surface area is 154 Å². The van der Waals surface area contributed by atoms with E-state index < -0.39 is 6.61 Å². The molecule has 1 heterocycles. The monoisotopic (exact) mass is 388 g/mol. The molecular formula is C16H19ClF2N4OS. The molecule has 0 unspecified atom stereocenters. The van der Waals surface area contributed by atoms with Crippen LogP contribution >= 0.6 is 22.9 Å². The van der Waals surface area contributed by atoms with Gasteiger partial charge in [-0.05, 0) is 25.1 Å². The molecule has 136 valence electrons. The van der Waals surface area contributed by atoms with Crippen LogP contribution < -0.4 is 15.4 Å². The smallest absolute Gasteiger partial charge is 0.387 e. The van der Waals surface area contributed by atoms with Gasteiger partial charge in [0.2, 0.25) is 0 Å². The molecule has 1 aromatic carbocycles. The Morgan fingerprint density at radius 3 is 2.84 bits per heavy atom. The van der Waals surface area contributed by atoms with Crippen LogP contribution in [0.1, 0.15) is 16.3 Å². The molecule has 0 amide bonds. The number of aryl methyl sites for hydroxylation is 1. The number of ether oxygens (including phenoxy) is 1. The summed E-state index contributed by atoms with van der Waals surface area (Å²) < 4.78 is 29.5. The van der Waals surface area contributed by atoms with E-state index in [4.69, 9.17) is 11.6 Å². The van der Waals surface area contributed by atoms with Gasteiger partial charge in [-0.25, -0.2) is 4.98 Å². The summed E-state index contributed by atoms with van der Waals surface area (Å²) in [4.78, 5) is 8.50. The van der Waals surface area contributed by atoms with Crippen LogP contribution in [0, 0.1) is 6.92 Å². The fourth-order valence-electron chi connectivity index (χ4n) is 2.13. The highest BCUT2D eigenvalue weighted by Crippen LogP contribution is 2.24. The standard InChI is InChI=1S/C16H19ClF2N4OS/c1-10-23-13(9-25-10)5-6-21-16(20-2)22-8-11-7-12(17)3-4-14(11)24-15(18)19/h3-4,7,9,15H,5-6,8H2,1-2H3,(H2,20,21,22). The lowest BCUT2D eigenvalue weighted by Crippen LogP contribution is -2.38. The fourth-order valence-corrected chi connectivity index (χ4v) is 2.97. The van der Waals surface area contributed by atoms with Gasteiger partial charge < -0.3 is 15.4 Å². The lowest BCUT2D eigenvalue weighted by atomic mass is 10.2. The van der Waals surface area contributed by atoms with Crippen LogP contribution in [0.5, 0.6) is 5.75 Å². The van der Waals surface area contributed by atoms with Crippen molar-refractivity contribution in [2.45, 2.75) is 26.5 Å². The summed E-state index contributed by atoms with van der Waals surface area (Å²) in [5.41, 5.74) is 1.54. The van der Waals surface area contributed by atoms with E-state index in [0.717, 1.165) is 17.1 Å². The van der Waals surface area contributed by atoms with Crippen molar-refractivity contribution in [2.75, 3.05) is 13.6 Å². The molecule has 2 N–H and O–H groups in total. The van der Waals surface area contributed by atoms with Crippen LogP contribution in [0.4, 0.5) is 8.78 Å². The summed E-state index contributed by atoms with van der Waals surface area (Å²) in [6.07, 6.45) is 0.766. The highest BCUT2D eigenvalue weighted by molar-refractivity contribution is 7.09. The second kappa shape index (κ2) is 9.53. The van der Waals surface area contributed by atoms with Crippen molar-refractivity contribution >= 4 is 28.9 Å².